The van der Waals surface area contributed by atoms with Gasteiger partial charge in [-0.05, 0) is 61.9 Å². The van der Waals surface area contributed by atoms with Gasteiger partial charge in [0.2, 0.25) is 5.91 Å². The van der Waals surface area contributed by atoms with Crippen LogP contribution < -0.4 is 10.1 Å². The topological polar surface area (TPSA) is 56.2 Å². The van der Waals surface area contributed by atoms with Crippen LogP contribution >= 0.6 is 23.2 Å². The molecule has 5 rings (SSSR count). The van der Waals surface area contributed by atoms with Crippen LogP contribution in [0.3, 0.4) is 0 Å². The molecule has 1 unspecified atom stereocenters. The standard InChI is InChI=1S/C26H29Cl2N3O2/c1-33-19-11-13-22-23(15-19)31(25(30-22)17-10-12-20(27)21(28)14-17)24(16-6-2-3-7-16)26(32)29-18-8-4-5-9-18/h10-16,18,24H,2-9H2,1H3,(H,29,32). The van der Waals surface area contributed by atoms with Crippen molar-refractivity contribution in [1.82, 2.24) is 14.9 Å². The lowest BCUT2D eigenvalue weighted by Crippen LogP contribution is -2.41. The summed E-state index contributed by atoms with van der Waals surface area (Å²) in [5.41, 5.74) is 2.57. The first-order valence-corrected chi connectivity index (χ1v) is 12.6. The molecule has 0 bridgehead atoms. The molecule has 1 aromatic heterocycles. The summed E-state index contributed by atoms with van der Waals surface area (Å²) in [7, 11) is 1.66. The van der Waals surface area contributed by atoms with Gasteiger partial charge in [0.1, 0.15) is 17.6 Å². The zero-order valence-corrected chi connectivity index (χ0v) is 20.3. The number of nitrogens with one attached hydrogen (secondary N) is 1. The molecule has 3 aromatic rings. The molecular weight excluding hydrogens is 457 g/mol. The van der Waals surface area contributed by atoms with E-state index in [-0.39, 0.29) is 23.9 Å². The predicted octanol–water partition coefficient (Wildman–Crippen LogP) is 6.81. The molecule has 0 radical (unpaired) electrons. The van der Waals surface area contributed by atoms with Gasteiger partial charge in [-0.25, -0.2) is 4.98 Å². The summed E-state index contributed by atoms with van der Waals surface area (Å²) >= 11 is 12.6. The molecular formula is C26H29Cl2N3O2. The molecule has 2 fully saturated rings. The molecule has 33 heavy (non-hydrogen) atoms. The summed E-state index contributed by atoms with van der Waals surface area (Å²) in [5.74, 6) is 1.83. The largest absolute Gasteiger partial charge is 0.497 e. The number of carbonyl (C=O) groups excluding carboxylic acids is 1. The van der Waals surface area contributed by atoms with Gasteiger partial charge in [0.25, 0.3) is 0 Å². The highest BCUT2D eigenvalue weighted by Gasteiger charge is 2.36. The van der Waals surface area contributed by atoms with Gasteiger partial charge in [0.05, 0.1) is 28.2 Å². The number of methoxy groups -OCH3 is 1. The Labute approximate surface area is 204 Å². The molecule has 2 saturated carbocycles. The Morgan fingerprint density at radius 1 is 1.03 bits per heavy atom. The SMILES string of the molecule is COc1ccc2nc(-c3ccc(Cl)c(Cl)c3)n(C(C(=O)NC3CCCC3)C3CCCC3)c2c1. The van der Waals surface area contributed by atoms with Gasteiger partial charge >= 0.3 is 0 Å². The van der Waals surface area contributed by atoms with Crippen molar-refractivity contribution in [2.45, 2.75) is 63.5 Å². The number of carbonyl (C=O) groups is 1. The highest BCUT2D eigenvalue weighted by atomic mass is 35.5. The molecule has 2 aromatic carbocycles. The number of rotatable bonds is 6. The van der Waals surface area contributed by atoms with Crippen molar-refractivity contribution in [1.29, 1.82) is 0 Å². The number of hydrogen-bond acceptors (Lipinski definition) is 3. The molecule has 1 heterocycles. The monoisotopic (exact) mass is 485 g/mol. The van der Waals surface area contributed by atoms with Crippen molar-refractivity contribution in [3.63, 3.8) is 0 Å². The van der Waals surface area contributed by atoms with Gasteiger partial charge in [-0.1, -0.05) is 48.9 Å². The Kier molecular flexibility index (Phi) is 6.53. The molecule has 1 atom stereocenters. The number of nitrogens with zero attached hydrogens (tertiary/aromatic N) is 2. The van der Waals surface area contributed by atoms with E-state index in [4.69, 9.17) is 32.9 Å². The highest BCUT2D eigenvalue weighted by Crippen LogP contribution is 2.41. The molecule has 0 spiro atoms. The normalized spacial score (nSPS) is 18.2. The van der Waals surface area contributed by atoms with E-state index < -0.39 is 0 Å². The Morgan fingerprint density at radius 3 is 2.45 bits per heavy atom. The van der Waals surface area contributed by atoms with Gasteiger partial charge in [-0.15, -0.1) is 0 Å². The Balaban J connectivity index is 1.68. The molecule has 7 heteroatoms. The lowest BCUT2D eigenvalue weighted by atomic mass is 9.95. The first-order valence-electron chi connectivity index (χ1n) is 11.9. The molecule has 5 nitrogen and oxygen atoms in total. The van der Waals surface area contributed by atoms with Gasteiger partial charge in [0, 0.05) is 17.7 Å². The fourth-order valence-electron chi connectivity index (χ4n) is 5.49. The van der Waals surface area contributed by atoms with Crippen LogP contribution in [-0.2, 0) is 4.79 Å². The average molecular weight is 486 g/mol. The third kappa shape index (κ3) is 4.45. The molecule has 174 valence electrons. The van der Waals surface area contributed by atoms with E-state index >= 15 is 0 Å². The van der Waals surface area contributed by atoms with Gasteiger partial charge < -0.3 is 14.6 Å². The lowest BCUT2D eigenvalue weighted by molar-refractivity contribution is -0.126. The van der Waals surface area contributed by atoms with Crippen molar-refractivity contribution in [2.75, 3.05) is 7.11 Å². The molecule has 2 aliphatic rings. The van der Waals surface area contributed by atoms with E-state index in [0.717, 1.165) is 66.7 Å². The first-order chi connectivity index (χ1) is 16.0. The summed E-state index contributed by atoms with van der Waals surface area (Å²) in [4.78, 5) is 18.8. The number of aromatic nitrogens is 2. The minimum atomic E-state index is -0.338. The number of imidazole rings is 1. The van der Waals surface area contributed by atoms with E-state index in [1.165, 1.54) is 12.8 Å². The lowest BCUT2D eigenvalue weighted by Gasteiger charge is -2.28. The van der Waals surface area contributed by atoms with Gasteiger partial charge in [-0.3, -0.25) is 4.79 Å². The van der Waals surface area contributed by atoms with Crippen molar-refractivity contribution in [2.24, 2.45) is 5.92 Å². The second-order valence-corrected chi connectivity index (χ2v) is 10.1. The third-order valence-electron chi connectivity index (χ3n) is 7.17. The van der Waals surface area contributed by atoms with E-state index in [0.29, 0.717) is 10.0 Å². The zero-order valence-electron chi connectivity index (χ0n) is 18.8. The van der Waals surface area contributed by atoms with Crippen molar-refractivity contribution in [3.8, 4) is 17.1 Å². The van der Waals surface area contributed by atoms with Crippen LogP contribution in [0, 0.1) is 5.92 Å². The molecule has 0 saturated heterocycles. The zero-order chi connectivity index (χ0) is 22.9. The quantitative estimate of drug-likeness (QED) is 0.417. The molecule has 2 aliphatic carbocycles. The number of hydrogen-bond donors (Lipinski definition) is 1. The smallest absolute Gasteiger partial charge is 0.243 e. The Bertz CT molecular complexity index is 1160. The maximum Gasteiger partial charge on any atom is 0.243 e. The summed E-state index contributed by atoms with van der Waals surface area (Å²) in [6.45, 7) is 0. The van der Waals surface area contributed by atoms with Crippen LogP contribution in [0.25, 0.3) is 22.4 Å². The molecule has 0 aliphatic heterocycles. The highest BCUT2D eigenvalue weighted by molar-refractivity contribution is 6.42. The minimum Gasteiger partial charge on any atom is -0.497 e. The van der Waals surface area contributed by atoms with E-state index in [2.05, 4.69) is 9.88 Å². The Hall–Kier alpha value is -2.24. The number of ether oxygens (including phenoxy) is 1. The number of halogens is 2. The first kappa shape index (κ1) is 22.5. The van der Waals surface area contributed by atoms with Gasteiger partial charge in [-0.2, -0.15) is 0 Å². The number of amides is 1. The number of benzene rings is 2. The maximum absolute atomic E-state index is 13.8. The third-order valence-corrected chi connectivity index (χ3v) is 7.91. The van der Waals surface area contributed by atoms with E-state index in [1.807, 2.05) is 30.3 Å². The van der Waals surface area contributed by atoms with Crippen LogP contribution in [0.15, 0.2) is 36.4 Å². The summed E-state index contributed by atoms with van der Waals surface area (Å²) in [6.07, 6.45) is 8.84. The van der Waals surface area contributed by atoms with Crippen LogP contribution in [-0.4, -0.2) is 28.6 Å². The fraction of sp³-hybridized carbons (Fsp3) is 0.462. The van der Waals surface area contributed by atoms with Crippen molar-refractivity contribution >= 4 is 40.1 Å². The van der Waals surface area contributed by atoms with Crippen LogP contribution in [0.4, 0.5) is 0 Å². The summed E-state index contributed by atoms with van der Waals surface area (Å²) < 4.78 is 7.64. The van der Waals surface area contributed by atoms with Gasteiger partial charge in [0.15, 0.2) is 0 Å². The second-order valence-electron chi connectivity index (χ2n) is 9.27. The van der Waals surface area contributed by atoms with E-state index in [9.17, 15) is 4.79 Å². The summed E-state index contributed by atoms with van der Waals surface area (Å²) in [6, 6.07) is 11.3. The molecule has 1 N–H and O–H groups in total. The van der Waals surface area contributed by atoms with Crippen LogP contribution in [0.5, 0.6) is 5.75 Å². The van der Waals surface area contributed by atoms with Crippen LogP contribution in [0.1, 0.15) is 57.4 Å². The fourth-order valence-corrected chi connectivity index (χ4v) is 5.79. The van der Waals surface area contributed by atoms with E-state index in [1.54, 1.807) is 13.2 Å². The average Bonchev–Trinajstić information content (AvgIpc) is 3.58. The van der Waals surface area contributed by atoms with Crippen molar-refractivity contribution < 1.29 is 9.53 Å². The predicted molar refractivity (Wildman–Crippen MR) is 133 cm³/mol. The van der Waals surface area contributed by atoms with Crippen LogP contribution in [0.2, 0.25) is 10.0 Å². The number of fused-ring (bicyclic) bond motifs is 1. The summed E-state index contributed by atoms with van der Waals surface area (Å²) in [5, 5.41) is 4.34. The minimum absolute atomic E-state index is 0.0947. The van der Waals surface area contributed by atoms with Crippen molar-refractivity contribution in [3.05, 3.63) is 46.4 Å². The Morgan fingerprint density at radius 2 is 1.76 bits per heavy atom. The molecule has 1 amide bonds. The maximum atomic E-state index is 13.8. The second kappa shape index (κ2) is 9.55.